The van der Waals surface area contributed by atoms with Crippen molar-refractivity contribution in [2.24, 2.45) is 5.41 Å². The maximum atomic E-state index is 12.2. The molecule has 0 radical (unpaired) electrons. The van der Waals surface area contributed by atoms with E-state index in [2.05, 4.69) is 10.6 Å². The van der Waals surface area contributed by atoms with Crippen LogP contribution in [0, 0.1) is 5.41 Å². The molecule has 1 saturated heterocycles. The highest BCUT2D eigenvalue weighted by molar-refractivity contribution is 5.87. The number of rotatable bonds is 6. The van der Waals surface area contributed by atoms with Crippen LogP contribution in [-0.4, -0.2) is 63.7 Å². The molecule has 104 valence electrons. The molecule has 1 aliphatic rings. The number of nitrogens with zero attached hydrogens (tertiary/aromatic N) is 1. The molecule has 0 aromatic heterocycles. The maximum absolute atomic E-state index is 12.2. The van der Waals surface area contributed by atoms with E-state index in [1.807, 2.05) is 6.92 Å². The molecule has 1 aliphatic heterocycles. The second-order valence-electron chi connectivity index (χ2n) is 4.99. The summed E-state index contributed by atoms with van der Waals surface area (Å²) in [5, 5.41) is 5.88. The van der Waals surface area contributed by atoms with Crippen molar-refractivity contribution in [3.8, 4) is 0 Å². The van der Waals surface area contributed by atoms with E-state index in [4.69, 9.17) is 4.74 Å². The van der Waals surface area contributed by atoms with Gasteiger partial charge in [0.25, 0.3) is 0 Å². The molecule has 18 heavy (non-hydrogen) atoms. The van der Waals surface area contributed by atoms with Gasteiger partial charge in [-0.25, -0.2) is 0 Å². The summed E-state index contributed by atoms with van der Waals surface area (Å²) in [7, 11) is 3.25. The lowest BCUT2D eigenvalue weighted by Crippen LogP contribution is -2.46. The minimum Gasteiger partial charge on any atom is -0.383 e. The highest BCUT2D eigenvalue weighted by Gasteiger charge is 2.38. The summed E-state index contributed by atoms with van der Waals surface area (Å²) in [6.45, 7) is 4.52. The van der Waals surface area contributed by atoms with Crippen LogP contribution in [0.25, 0.3) is 0 Å². The molecule has 1 fully saturated rings. The predicted octanol–water partition coefficient (Wildman–Crippen LogP) is -0.793. The molecule has 0 spiro atoms. The Morgan fingerprint density at radius 1 is 1.50 bits per heavy atom. The van der Waals surface area contributed by atoms with Gasteiger partial charge in [-0.1, -0.05) is 0 Å². The van der Waals surface area contributed by atoms with Gasteiger partial charge < -0.3 is 20.3 Å². The van der Waals surface area contributed by atoms with E-state index in [1.165, 1.54) is 4.90 Å². The van der Waals surface area contributed by atoms with Crippen molar-refractivity contribution in [3.05, 3.63) is 0 Å². The van der Waals surface area contributed by atoms with Gasteiger partial charge in [0.15, 0.2) is 0 Å². The standard InChI is InChI=1S/C12H23N3O3/c1-12(4-5-13-9-12)11(17)15(2)8-10(16)14-6-7-18-3/h13H,4-9H2,1-3H3,(H,14,16). The van der Waals surface area contributed by atoms with E-state index < -0.39 is 0 Å². The van der Waals surface area contributed by atoms with Crippen molar-refractivity contribution in [3.63, 3.8) is 0 Å². The first-order valence-corrected chi connectivity index (χ1v) is 6.21. The minimum atomic E-state index is -0.373. The zero-order valence-corrected chi connectivity index (χ0v) is 11.4. The van der Waals surface area contributed by atoms with Gasteiger partial charge in [-0.2, -0.15) is 0 Å². The fraction of sp³-hybridized carbons (Fsp3) is 0.833. The lowest BCUT2D eigenvalue weighted by molar-refractivity contribution is -0.141. The summed E-state index contributed by atoms with van der Waals surface area (Å²) in [6.07, 6.45) is 0.821. The minimum absolute atomic E-state index is 0.0226. The first-order valence-electron chi connectivity index (χ1n) is 6.21. The zero-order valence-electron chi connectivity index (χ0n) is 11.4. The third-order valence-corrected chi connectivity index (χ3v) is 3.24. The first kappa shape index (κ1) is 14.9. The first-order chi connectivity index (χ1) is 8.49. The number of carbonyl (C=O) groups is 2. The van der Waals surface area contributed by atoms with Crippen molar-refractivity contribution < 1.29 is 14.3 Å². The Kier molecular flexibility index (Phi) is 5.55. The highest BCUT2D eigenvalue weighted by atomic mass is 16.5. The number of ether oxygens (including phenoxy) is 1. The number of carbonyl (C=O) groups excluding carboxylic acids is 2. The Morgan fingerprint density at radius 2 is 2.22 bits per heavy atom. The maximum Gasteiger partial charge on any atom is 0.239 e. The van der Waals surface area contributed by atoms with Crippen LogP contribution in [0.15, 0.2) is 0 Å². The van der Waals surface area contributed by atoms with Crippen LogP contribution in [0.2, 0.25) is 0 Å². The molecule has 0 aromatic carbocycles. The van der Waals surface area contributed by atoms with Crippen LogP contribution >= 0.6 is 0 Å². The van der Waals surface area contributed by atoms with E-state index in [1.54, 1.807) is 14.2 Å². The van der Waals surface area contributed by atoms with Gasteiger partial charge in [0.2, 0.25) is 11.8 Å². The second-order valence-corrected chi connectivity index (χ2v) is 4.99. The van der Waals surface area contributed by atoms with Crippen molar-refractivity contribution in [2.75, 3.05) is 46.9 Å². The molecule has 2 N–H and O–H groups in total. The van der Waals surface area contributed by atoms with E-state index in [0.29, 0.717) is 19.7 Å². The largest absolute Gasteiger partial charge is 0.383 e. The monoisotopic (exact) mass is 257 g/mol. The topological polar surface area (TPSA) is 70.7 Å². The lowest BCUT2D eigenvalue weighted by Gasteiger charge is -2.27. The van der Waals surface area contributed by atoms with Crippen LogP contribution in [-0.2, 0) is 14.3 Å². The van der Waals surface area contributed by atoms with E-state index in [0.717, 1.165) is 13.0 Å². The summed E-state index contributed by atoms with van der Waals surface area (Å²) in [6, 6.07) is 0. The summed E-state index contributed by atoms with van der Waals surface area (Å²) >= 11 is 0. The van der Waals surface area contributed by atoms with Gasteiger partial charge in [0, 0.05) is 27.2 Å². The van der Waals surface area contributed by atoms with Crippen LogP contribution in [0.5, 0.6) is 0 Å². The summed E-state index contributed by atoms with van der Waals surface area (Å²) in [4.78, 5) is 25.3. The normalized spacial score (nSPS) is 22.8. The third-order valence-electron chi connectivity index (χ3n) is 3.24. The molecule has 0 aliphatic carbocycles. The lowest BCUT2D eigenvalue weighted by atomic mass is 9.88. The molecule has 1 heterocycles. The van der Waals surface area contributed by atoms with Crippen molar-refractivity contribution in [2.45, 2.75) is 13.3 Å². The number of nitrogens with one attached hydrogen (secondary N) is 2. The van der Waals surface area contributed by atoms with Crippen molar-refractivity contribution >= 4 is 11.8 Å². The molecule has 1 unspecified atom stereocenters. The average molecular weight is 257 g/mol. The molecule has 0 saturated carbocycles. The summed E-state index contributed by atoms with van der Waals surface area (Å²) in [5.74, 6) is -0.133. The Morgan fingerprint density at radius 3 is 2.78 bits per heavy atom. The van der Waals surface area contributed by atoms with Crippen LogP contribution < -0.4 is 10.6 Å². The highest BCUT2D eigenvalue weighted by Crippen LogP contribution is 2.26. The van der Waals surface area contributed by atoms with Gasteiger partial charge in [-0.05, 0) is 19.9 Å². The third kappa shape index (κ3) is 3.96. The molecule has 0 bridgehead atoms. The van der Waals surface area contributed by atoms with Crippen molar-refractivity contribution in [1.29, 1.82) is 0 Å². The van der Waals surface area contributed by atoms with Crippen LogP contribution in [0.1, 0.15) is 13.3 Å². The zero-order chi connectivity index (χ0) is 13.6. The SMILES string of the molecule is COCCNC(=O)CN(C)C(=O)C1(C)CCNC1. The Bertz CT molecular complexity index is 301. The number of hydrogen-bond donors (Lipinski definition) is 2. The van der Waals surface area contributed by atoms with E-state index in [9.17, 15) is 9.59 Å². The fourth-order valence-electron chi connectivity index (χ4n) is 2.10. The van der Waals surface area contributed by atoms with E-state index >= 15 is 0 Å². The molecule has 1 rings (SSSR count). The van der Waals surface area contributed by atoms with Gasteiger partial charge in [-0.15, -0.1) is 0 Å². The smallest absolute Gasteiger partial charge is 0.239 e. The molecule has 1 atom stereocenters. The average Bonchev–Trinajstić information content (AvgIpc) is 2.76. The Labute approximate surface area is 108 Å². The molecular weight excluding hydrogens is 234 g/mol. The fourth-order valence-corrected chi connectivity index (χ4v) is 2.10. The van der Waals surface area contributed by atoms with Gasteiger partial charge in [0.05, 0.1) is 18.6 Å². The molecule has 6 heteroatoms. The summed E-state index contributed by atoms with van der Waals surface area (Å²) < 4.78 is 4.84. The van der Waals surface area contributed by atoms with Gasteiger partial charge >= 0.3 is 0 Å². The second kappa shape index (κ2) is 6.70. The molecule has 0 aromatic rings. The van der Waals surface area contributed by atoms with Crippen LogP contribution in [0.3, 0.4) is 0 Å². The van der Waals surface area contributed by atoms with Gasteiger partial charge in [0.1, 0.15) is 0 Å². The number of methoxy groups -OCH3 is 1. The quantitative estimate of drug-likeness (QED) is 0.612. The molecule has 6 nitrogen and oxygen atoms in total. The Hall–Kier alpha value is -1.14. The predicted molar refractivity (Wildman–Crippen MR) is 68.1 cm³/mol. The summed E-state index contributed by atoms with van der Waals surface area (Å²) in [5.41, 5.74) is -0.373. The van der Waals surface area contributed by atoms with Crippen LogP contribution in [0.4, 0.5) is 0 Å². The van der Waals surface area contributed by atoms with E-state index in [-0.39, 0.29) is 23.8 Å². The van der Waals surface area contributed by atoms with Crippen molar-refractivity contribution in [1.82, 2.24) is 15.5 Å². The Balaban J connectivity index is 2.37. The molecule has 2 amide bonds. The van der Waals surface area contributed by atoms with Gasteiger partial charge in [-0.3, -0.25) is 9.59 Å². The number of hydrogen-bond acceptors (Lipinski definition) is 4. The molecular formula is C12H23N3O3. The number of likely N-dealkylation sites (N-methyl/N-ethyl adjacent to an activating group) is 1. The number of amides is 2.